The molecule has 6 nitrogen and oxygen atoms in total. The van der Waals surface area contributed by atoms with E-state index in [1.54, 1.807) is 12.1 Å². The number of amidine groups is 1. The van der Waals surface area contributed by atoms with Gasteiger partial charge in [0.05, 0.1) is 11.1 Å². The summed E-state index contributed by atoms with van der Waals surface area (Å²) >= 11 is 0. The Morgan fingerprint density at radius 2 is 1.84 bits per heavy atom. The van der Waals surface area contributed by atoms with Gasteiger partial charge in [0.15, 0.2) is 0 Å². The molecular weight excluding hydrogens is 407 g/mol. The van der Waals surface area contributed by atoms with Gasteiger partial charge in [-0.15, -0.1) is 0 Å². The predicted octanol–water partition coefficient (Wildman–Crippen LogP) is 4.40. The van der Waals surface area contributed by atoms with E-state index in [0.717, 1.165) is 43.8 Å². The monoisotopic (exact) mass is 431 g/mol. The molecule has 0 atom stereocenters. The third kappa shape index (κ3) is 6.00. The van der Waals surface area contributed by atoms with Crippen LogP contribution in [0.3, 0.4) is 0 Å². The minimum Gasteiger partial charge on any atom is -0.398 e. The van der Waals surface area contributed by atoms with Crippen molar-refractivity contribution in [3.05, 3.63) is 65.9 Å². The standard InChI is InChI=1S/C22H24F3N5O/c23-22(24,25)15-5-4-6-16(13-15)28-10-9-20(27)29-21(31)18-14-17(7-8-19(18)26)30-11-2-1-3-12-30/h4-10,13-14,28H,1-3,11-12,26H2,(H2,27,29,31)/b10-9-. The number of nitrogens with two attached hydrogens (primary N) is 2. The predicted molar refractivity (Wildman–Crippen MR) is 117 cm³/mol. The van der Waals surface area contributed by atoms with Crippen molar-refractivity contribution < 1.29 is 18.0 Å². The molecule has 9 heteroatoms. The van der Waals surface area contributed by atoms with Crippen LogP contribution in [-0.2, 0) is 6.18 Å². The molecule has 0 spiro atoms. The van der Waals surface area contributed by atoms with Gasteiger partial charge in [0.1, 0.15) is 5.84 Å². The Kier molecular flexibility index (Phi) is 6.84. The number of rotatable bonds is 5. The average molecular weight is 431 g/mol. The van der Waals surface area contributed by atoms with Crippen molar-refractivity contribution in [1.29, 1.82) is 0 Å². The van der Waals surface area contributed by atoms with Crippen molar-refractivity contribution in [1.82, 2.24) is 0 Å². The average Bonchev–Trinajstić information content (AvgIpc) is 2.74. The lowest BCUT2D eigenvalue weighted by Crippen LogP contribution is -2.29. The van der Waals surface area contributed by atoms with Crippen LogP contribution < -0.4 is 21.7 Å². The van der Waals surface area contributed by atoms with Crippen LogP contribution in [0.2, 0.25) is 0 Å². The maximum atomic E-state index is 12.8. The smallest absolute Gasteiger partial charge is 0.398 e. The van der Waals surface area contributed by atoms with Gasteiger partial charge >= 0.3 is 6.18 Å². The van der Waals surface area contributed by atoms with Crippen molar-refractivity contribution in [2.24, 2.45) is 10.7 Å². The van der Waals surface area contributed by atoms with E-state index in [1.807, 2.05) is 6.07 Å². The first-order valence-corrected chi connectivity index (χ1v) is 9.87. The fraction of sp³-hybridized carbons (Fsp3) is 0.273. The summed E-state index contributed by atoms with van der Waals surface area (Å²) in [6.45, 7) is 1.85. The zero-order valence-electron chi connectivity index (χ0n) is 16.8. The molecule has 0 unspecified atom stereocenters. The number of nitrogens with one attached hydrogen (secondary N) is 1. The third-order valence-corrected chi connectivity index (χ3v) is 4.91. The van der Waals surface area contributed by atoms with Crippen molar-refractivity contribution in [2.75, 3.05) is 29.0 Å². The largest absolute Gasteiger partial charge is 0.416 e. The molecule has 1 amide bonds. The SMILES string of the molecule is NC(/C=C\Nc1cccc(C(F)(F)F)c1)=NC(=O)c1cc(N2CCCCC2)ccc1N. The highest BCUT2D eigenvalue weighted by molar-refractivity contribution is 6.09. The number of piperidine rings is 1. The summed E-state index contributed by atoms with van der Waals surface area (Å²) in [6, 6.07) is 9.98. The van der Waals surface area contributed by atoms with Crippen LogP contribution in [0.5, 0.6) is 0 Å². The maximum Gasteiger partial charge on any atom is 0.416 e. The number of aliphatic imine (C=N–C) groups is 1. The van der Waals surface area contributed by atoms with E-state index in [2.05, 4.69) is 15.2 Å². The van der Waals surface area contributed by atoms with E-state index in [0.29, 0.717) is 5.69 Å². The van der Waals surface area contributed by atoms with Gasteiger partial charge < -0.3 is 21.7 Å². The number of hydrogen-bond donors (Lipinski definition) is 3. The summed E-state index contributed by atoms with van der Waals surface area (Å²) in [5.41, 5.74) is 12.6. The topological polar surface area (TPSA) is 96.7 Å². The van der Waals surface area contributed by atoms with Crippen LogP contribution in [0.4, 0.5) is 30.2 Å². The summed E-state index contributed by atoms with van der Waals surface area (Å²) in [7, 11) is 0. The zero-order chi connectivity index (χ0) is 22.4. The first kappa shape index (κ1) is 22.2. The van der Waals surface area contributed by atoms with E-state index in [-0.39, 0.29) is 17.1 Å². The Labute approximate surface area is 178 Å². The summed E-state index contributed by atoms with van der Waals surface area (Å²) in [5, 5.41) is 2.68. The molecule has 1 saturated heterocycles. The number of halogens is 3. The molecule has 0 saturated carbocycles. The minimum atomic E-state index is -4.43. The third-order valence-electron chi connectivity index (χ3n) is 4.91. The van der Waals surface area contributed by atoms with Gasteiger partial charge in [0, 0.05) is 36.4 Å². The first-order valence-electron chi connectivity index (χ1n) is 9.87. The number of carbonyl (C=O) groups is 1. The number of alkyl halides is 3. The number of nitrogens with zero attached hydrogens (tertiary/aromatic N) is 2. The summed E-state index contributed by atoms with van der Waals surface area (Å²) in [5.74, 6) is -0.690. The van der Waals surface area contributed by atoms with E-state index >= 15 is 0 Å². The number of anilines is 3. The van der Waals surface area contributed by atoms with Gasteiger partial charge in [-0.1, -0.05) is 6.07 Å². The van der Waals surface area contributed by atoms with Crippen LogP contribution in [0.25, 0.3) is 0 Å². The van der Waals surface area contributed by atoms with Crippen molar-refractivity contribution in [2.45, 2.75) is 25.4 Å². The van der Waals surface area contributed by atoms with Crippen molar-refractivity contribution in [3.8, 4) is 0 Å². The van der Waals surface area contributed by atoms with Crippen molar-refractivity contribution >= 4 is 28.8 Å². The highest BCUT2D eigenvalue weighted by Crippen LogP contribution is 2.30. The lowest BCUT2D eigenvalue weighted by Gasteiger charge is -2.29. The highest BCUT2D eigenvalue weighted by Gasteiger charge is 2.30. The number of carbonyl (C=O) groups excluding carboxylic acids is 1. The van der Waals surface area contributed by atoms with Gasteiger partial charge in [-0.05, 0) is 61.7 Å². The van der Waals surface area contributed by atoms with E-state index < -0.39 is 17.6 Å². The van der Waals surface area contributed by atoms with Gasteiger partial charge in [-0.2, -0.15) is 18.2 Å². The fourth-order valence-electron chi connectivity index (χ4n) is 3.30. The molecule has 0 aromatic heterocycles. The highest BCUT2D eigenvalue weighted by atomic mass is 19.4. The molecule has 0 radical (unpaired) electrons. The molecule has 1 aliphatic rings. The van der Waals surface area contributed by atoms with Crippen LogP contribution in [0.15, 0.2) is 59.7 Å². The Hall–Kier alpha value is -3.49. The lowest BCUT2D eigenvalue weighted by atomic mass is 10.1. The molecule has 0 aliphatic carbocycles. The molecule has 3 rings (SSSR count). The lowest BCUT2D eigenvalue weighted by molar-refractivity contribution is -0.137. The van der Waals surface area contributed by atoms with Crippen LogP contribution in [0, 0.1) is 0 Å². The van der Waals surface area contributed by atoms with Gasteiger partial charge in [0.2, 0.25) is 0 Å². The minimum absolute atomic E-state index is 0.104. The summed E-state index contributed by atoms with van der Waals surface area (Å²) in [6.07, 6.45) is 1.57. The molecule has 0 bridgehead atoms. The molecule has 2 aromatic rings. The number of nitrogen functional groups attached to an aromatic ring is 1. The Morgan fingerprint density at radius 1 is 1.10 bits per heavy atom. The van der Waals surface area contributed by atoms with Gasteiger partial charge in [0.25, 0.3) is 5.91 Å². The van der Waals surface area contributed by atoms with Crippen LogP contribution in [-0.4, -0.2) is 24.8 Å². The maximum absolute atomic E-state index is 12.8. The fourth-order valence-corrected chi connectivity index (χ4v) is 3.30. The molecule has 5 N–H and O–H groups in total. The van der Waals surface area contributed by atoms with E-state index in [1.165, 1.54) is 30.8 Å². The summed E-state index contributed by atoms with van der Waals surface area (Å²) in [4.78, 5) is 18.6. The summed E-state index contributed by atoms with van der Waals surface area (Å²) < 4.78 is 38.3. The normalized spacial score (nSPS) is 15.3. The first-order chi connectivity index (χ1) is 14.7. The van der Waals surface area contributed by atoms with Crippen LogP contribution >= 0.6 is 0 Å². The number of hydrogen-bond acceptors (Lipinski definition) is 4. The molecule has 1 aliphatic heterocycles. The molecule has 1 fully saturated rings. The molecule has 1 heterocycles. The van der Waals surface area contributed by atoms with Crippen LogP contribution in [0.1, 0.15) is 35.2 Å². The second-order valence-corrected chi connectivity index (χ2v) is 7.22. The molecule has 31 heavy (non-hydrogen) atoms. The molecular formula is C22H24F3N5O. The zero-order valence-corrected chi connectivity index (χ0v) is 16.8. The second-order valence-electron chi connectivity index (χ2n) is 7.22. The Morgan fingerprint density at radius 3 is 2.55 bits per heavy atom. The number of amides is 1. The number of benzene rings is 2. The van der Waals surface area contributed by atoms with Crippen molar-refractivity contribution in [3.63, 3.8) is 0 Å². The van der Waals surface area contributed by atoms with E-state index in [9.17, 15) is 18.0 Å². The van der Waals surface area contributed by atoms with Gasteiger partial charge in [-0.3, -0.25) is 4.79 Å². The Bertz CT molecular complexity index is 995. The molecule has 164 valence electrons. The van der Waals surface area contributed by atoms with Gasteiger partial charge in [-0.25, -0.2) is 0 Å². The van der Waals surface area contributed by atoms with E-state index in [4.69, 9.17) is 11.5 Å². The second kappa shape index (κ2) is 9.55. The molecule has 2 aromatic carbocycles. The Balaban J connectivity index is 1.68. The quantitative estimate of drug-likeness (QED) is 0.370.